The fraction of sp³-hybridized carbons (Fsp3) is 0.514. The molecule has 1 aliphatic heterocycles. The molecule has 50 heavy (non-hydrogen) atoms. The Balaban J connectivity index is 1.45. The third-order valence-corrected chi connectivity index (χ3v) is 9.15. The smallest absolute Gasteiger partial charge is 0.412 e. The number of carbonyl (C=O) groups excluding carboxylic acids is 4. The topological polar surface area (TPSA) is 168 Å². The third kappa shape index (κ3) is 9.46. The van der Waals surface area contributed by atoms with Gasteiger partial charge in [0, 0.05) is 37.9 Å². The molecule has 2 amide bonds. The lowest BCUT2D eigenvalue weighted by Crippen LogP contribution is -2.54. The molecule has 4 rings (SSSR count). The fourth-order valence-corrected chi connectivity index (χ4v) is 6.09. The summed E-state index contributed by atoms with van der Waals surface area (Å²) in [5.41, 5.74) is 2.60. The highest BCUT2D eigenvalue weighted by atomic mass is 16.5. The van der Waals surface area contributed by atoms with E-state index in [1.807, 2.05) is 53.8 Å². The largest absolute Gasteiger partial charge is 0.464 e. The zero-order valence-electron chi connectivity index (χ0n) is 29.9. The zero-order valence-corrected chi connectivity index (χ0v) is 29.9. The van der Waals surface area contributed by atoms with Crippen LogP contribution in [0.5, 0.6) is 0 Å². The first kappa shape index (κ1) is 38.0. The number of alkyl carbamates (subject to hydrolysis) is 1. The maximum atomic E-state index is 14.0. The van der Waals surface area contributed by atoms with Crippen LogP contribution in [0.2, 0.25) is 0 Å². The minimum Gasteiger partial charge on any atom is -0.464 e. The molecule has 2 aromatic carbocycles. The Morgan fingerprint density at radius 1 is 1.00 bits per heavy atom. The van der Waals surface area contributed by atoms with E-state index in [1.54, 1.807) is 19.1 Å². The van der Waals surface area contributed by atoms with E-state index < -0.39 is 23.5 Å². The van der Waals surface area contributed by atoms with Crippen LogP contribution in [0.4, 0.5) is 10.5 Å². The summed E-state index contributed by atoms with van der Waals surface area (Å²) >= 11 is 0. The van der Waals surface area contributed by atoms with Crippen LogP contribution in [0.15, 0.2) is 42.5 Å². The lowest BCUT2D eigenvalue weighted by molar-refractivity contribution is -0.149. The summed E-state index contributed by atoms with van der Waals surface area (Å²) in [6.45, 7) is 9.23. The third-order valence-electron chi connectivity index (χ3n) is 9.15. The number of unbranched alkanes of at least 4 members (excludes halogenated alkanes) is 3. The number of ether oxygens (including phenoxy) is 2. The number of likely N-dealkylation sites (tertiary alicyclic amines) is 1. The lowest BCUT2D eigenvalue weighted by atomic mass is 9.80. The normalized spacial score (nSPS) is 14.5. The van der Waals surface area contributed by atoms with Gasteiger partial charge in [-0.3, -0.25) is 25.6 Å². The molecular formula is C37H51N7O6. The summed E-state index contributed by atoms with van der Waals surface area (Å²) < 4.78 is 12.3. The second kappa shape index (κ2) is 17.7. The van der Waals surface area contributed by atoms with Gasteiger partial charge in [-0.1, -0.05) is 32.3 Å². The number of benzene rings is 2. The van der Waals surface area contributed by atoms with E-state index in [0.29, 0.717) is 37.3 Å². The quantitative estimate of drug-likeness (QED) is 0.0511. The average molecular weight is 690 g/mol. The first-order chi connectivity index (χ1) is 24.0. The molecule has 270 valence electrons. The molecule has 0 spiro atoms. The van der Waals surface area contributed by atoms with E-state index in [-0.39, 0.29) is 30.7 Å². The number of nitrogens with zero attached hydrogens (tertiary/aromatic N) is 3. The highest BCUT2D eigenvalue weighted by Gasteiger charge is 2.41. The summed E-state index contributed by atoms with van der Waals surface area (Å²) in [6, 6.07) is 11.7. The summed E-state index contributed by atoms with van der Waals surface area (Å²) in [5, 5.41) is 17.1. The van der Waals surface area contributed by atoms with Crippen LogP contribution in [-0.4, -0.2) is 82.9 Å². The number of ketones is 1. The number of imidazole rings is 1. The van der Waals surface area contributed by atoms with Crippen molar-refractivity contribution < 1.29 is 28.7 Å². The number of hydrogen-bond acceptors (Lipinski definition) is 10. The molecule has 0 bridgehead atoms. The Bertz CT molecular complexity index is 1660. The molecule has 1 aromatic heterocycles. The number of amidine groups is 1. The molecule has 0 aliphatic carbocycles. The molecule has 4 N–H and O–H groups in total. The van der Waals surface area contributed by atoms with Crippen LogP contribution in [0.1, 0.15) is 83.2 Å². The van der Waals surface area contributed by atoms with Crippen LogP contribution < -0.4 is 16.0 Å². The maximum Gasteiger partial charge on any atom is 0.412 e. The number of hydrogen-bond donors (Lipinski definition) is 4. The highest BCUT2D eigenvalue weighted by Crippen LogP contribution is 2.31. The average Bonchev–Trinajstić information content (AvgIpc) is 3.75. The fourth-order valence-electron chi connectivity index (χ4n) is 6.09. The van der Waals surface area contributed by atoms with E-state index >= 15 is 0 Å². The van der Waals surface area contributed by atoms with Gasteiger partial charge < -0.3 is 24.3 Å². The lowest BCUT2D eigenvalue weighted by Gasteiger charge is -2.34. The van der Waals surface area contributed by atoms with Crippen molar-refractivity contribution in [1.82, 2.24) is 25.1 Å². The molecule has 0 saturated carbocycles. The molecule has 1 aliphatic rings. The number of fused-ring (bicyclic) bond motifs is 1. The number of anilines is 1. The standard InChI is InChI=1S/C37H51N7O6/c1-6-8-9-12-21-50-36(48)42-33(38)26-13-16-28(17-14-26)39-23-31-41-29-22-27(15-18-30(29)43(31)5)37(4,35(47)44-19-10-11-20-44)24-40-32(25(3)45)34(46)49-7-2/h13-18,22,32,39-40H,6-12,19-21,23-24H2,1-5H3,(H2,38,42,48). The van der Waals surface area contributed by atoms with Gasteiger partial charge in [0.05, 0.1) is 36.2 Å². The van der Waals surface area contributed by atoms with Gasteiger partial charge in [0.15, 0.2) is 11.8 Å². The predicted molar refractivity (Wildman–Crippen MR) is 192 cm³/mol. The number of esters is 1. The number of aromatic nitrogens is 2. The van der Waals surface area contributed by atoms with E-state index in [0.717, 1.165) is 61.1 Å². The van der Waals surface area contributed by atoms with Crippen molar-refractivity contribution in [2.24, 2.45) is 7.05 Å². The Morgan fingerprint density at radius 2 is 1.72 bits per heavy atom. The Hall–Kier alpha value is -4.78. The molecule has 13 nitrogen and oxygen atoms in total. The Morgan fingerprint density at radius 3 is 2.38 bits per heavy atom. The van der Waals surface area contributed by atoms with Gasteiger partial charge in [-0.15, -0.1) is 0 Å². The van der Waals surface area contributed by atoms with Gasteiger partial charge in [-0.05, 0) is 82.0 Å². The van der Waals surface area contributed by atoms with Crippen molar-refractivity contribution in [3.63, 3.8) is 0 Å². The first-order valence-corrected chi connectivity index (χ1v) is 17.5. The molecule has 13 heteroatoms. The van der Waals surface area contributed by atoms with E-state index in [9.17, 15) is 19.2 Å². The molecular weight excluding hydrogens is 638 g/mol. The van der Waals surface area contributed by atoms with Crippen molar-refractivity contribution in [3.8, 4) is 0 Å². The van der Waals surface area contributed by atoms with Crippen molar-refractivity contribution in [2.45, 2.75) is 84.2 Å². The molecule has 2 atom stereocenters. The summed E-state index contributed by atoms with van der Waals surface area (Å²) in [5.74, 6) is -0.385. The van der Waals surface area contributed by atoms with Crippen LogP contribution in [0.25, 0.3) is 11.0 Å². The van der Waals surface area contributed by atoms with Crippen molar-refractivity contribution >= 4 is 46.3 Å². The number of aryl methyl sites for hydroxylation is 1. The van der Waals surface area contributed by atoms with Crippen LogP contribution in [0, 0.1) is 5.41 Å². The minimum atomic E-state index is -1.17. The number of amides is 2. The Kier molecular flexibility index (Phi) is 13.5. The summed E-state index contributed by atoms with van der Waals surface area (Å²) in [4.78, 5) is 57.7. The van der Waals surface area contributed by atoms with E-state index in [2.05, 4.69) is 22.9 Å². The van der Waals surface area contributed by atoms with Crippen LogP contribution in [-0.2, 0) is 42.9 Å². The second-order valence-corrected chi connectivity index (χ2v) is 12.9. The Labute approximate surface area is 294 Å². The number of Topliss-reactive ketones (excluding diaryl/α,β-unsaturated/α-hetero) is 1. The zero-order chi connectivity index (χ0) is 36.3. The van der Waals surface area contributed by atoms with Crippen LogP contribution in [0.3, 0.4) is 0 Å². The highest BCUT2D eigenvalue weighted by molar-refractivity contribution is 6.04. The monoisotopic (exact) mass is 689 g/mol. The molecule has 1 fully saturated rings. The van der Waals surface area contributed by atoms with Gasteiger partial charge in [0.1, 0.15) is 11.7 Å². The predicted octanol–water partition coefficient (Wildman–Crippen LogP) is 4.81. The molecule has 2 heterocycles. The van der Waals surface area contributed by atoms with Crippen molar-refractivity contribution in [2.75, 3.05) is 38.2 Å². The molecule has 1 saturated heterocycles. The molecule has 2 unspecified atom stereocenters. The number of nitrogens with one attached hydrogen (secondary N) is 4. The SMILES string of the molecule is CCCCCCOC(=O)NC(=N)c1ccc(NCc2nc3cc(C(C)(CNC(C(C)=O)C(=O)OCC)C(=O)N4CCCC4)ccc3n2C)cc1. The molecule has 3 aromatic rings. The number of rotatable bonds is 17. The minimum absolute atomic E-state index is 0.0376. The van der Waals surface area contributed by atoms with Crippen molar-refractivity contribution in [1.29, 1.82) is 5.41 Å². The maximum absolute atomic E-state index is 14.0. The van der Waals surface area contributed by atoms with E-state index in [4.69, 9.17) is 19.9 Å². The number of carbonyl (C=O) groups is 4. The second-order valence-electron chi connectivity index (χ2n) is 12.9. The van der Waals surface area contributed by atoms with Crippen molar-refractivity contribution in [3.05, 3.63) is 59.4 Å². The van der Waals surface area contributed by atoms with Gasteiger partial charge >= 0.3 is 12.1 Å². The first-order valence-electron chi connectivity index (χ1n) is 17.5. The van der Waals surface area contributed by atoms with Crippen LogP contribution >= 0.6 is 0 Å². The summed E-state index contributed by atoms with van der Waals surface area (Å²) in [6.07, 6.45) is 5.24. The van der Waals surface area contributed by atoms with Gasteiger partial charge in [0.2, 0.25) is 5.91 Å². The van der Waals surface area contributed by atoms with E-state index in [1.165, 1.54) is 6.92 Å². The molecule has 0 radical (unpaired) electrons. The van der Waals surface area contributed by atoms with Gasteiger partial charge in [0.25, 0.3) is 0 Å². The van der Waals surface area contributed by atoms with Gasteiger partial charge in [-0.25, -0.2) is 14.6 Å². The van der Waals surface area contributed by atoms with Gasteiger partial charge in [-0.2, -0.15) is 0 Å². The summed E-state index contributed by atoms with van der Waals surface area (Å²) in [7, 11) is 1.93.